The van der Waals surface area contributed by atoms with E-state index < -0.39 is 0 Å². The number of aromatic nitrogens is 3. The maximum atomic E-state index is 12.6. The lowest BCUT2D eigenvalue weighted by Crippen LogP contribution is -2.50. The summed E-state index contributed by atoms with van der Waals surface area (Å²) in [5, 5.41) is 0. The average molecular weight is 364 g/mol. The molecule has 0 aromatic carbocycles. The molecule has 2 aromatic heterocycles. The van der Waals surface area contributed by atoms with Gasteiger partial charge in [0.2, 0.25) is 5.95 Å². The van der Waals surface area contributed by atoms with Gasteiger partial charge in [0.05, 0.1) is 0 Å². The fourth-order valence-corrected chi connectivity index (χ4v) is 5.62. The largest absolute Gasteiger partial charge is 0.340 e. The lowest BCUT2D eigenvalue weighted by atomic mass is 9.77. The van der Waals surface area contributed by atoms with Crippen molar-refractivity contribution < 1.29 is 0 Å². The summed E-state index contributed by atoms with van der Waals surface area (Å²) in [4.78, 5) is 24.9. The van der Waals surface area contributed by atoms with Crippen LogP contribution in [0.15, 0.2) is 23.0 Å². The van der Waals surface area contributed by atoms with Crippen LogP contribution in [0.4, 0.5) is 5.95 Å². The highest BCUT2D eigenvalue weighted by molar-refractivity contribution is 5.41. The highest BCUT2D eigenvalue weighted by Crippen LogP contribution is 2.43. The molecule has 0 saturated carbocycles. The van der Waals surface area contributed by atoms with Gasteiger partial charge in [-0.15, -0.1) is 0 Å². The second-order valence-electron chi connectivity index (χ2n) is 8.50. The molecule has 1 fully saturated rings. The summed E-state index contributed by atoms with van der Waals surface area (Å²) >= 11 is 0. The van der Waals surface area contributed by atoms with Crippen molar-refractivity contribution in [1.29, 1.82) is 0 Å². The number of piperidine rings is 1. The molecule has 2 aliphatic heterocycles. The van der Waals surface area contributed by atoms with Crippen LogP contribution in [-0.2, 0) is 12.8 Å². The third-order valence-electron chi connectivity index (χ3n) is 6.79. The third-order valence-corrected chi connectivity index (χ3v) is 6.79. The van der Waals surface area contributed by atoms with Crippen molar-refractivity contribution in [3.05, 3.63) is 51.2 Å². The maximum Gasteiger partial charge on any atom is 0.250 e. The molecule has 2 aromatic rings. The van der Waals surface area contributed by atoms with Gasteiger partial charge >= 0.3 is 0 Å². The van der Waals surface area contributed by atoms with Crippen molar-refractivity contribution in [2.24, 2.45) is 5.92 Å². The highest BCUT2D eigenvalue weighted by Gasteiger charge is 2.41. The van der Waals surface area contributed by atoms with Crippen LogP contribution in [0.25, 0.3) is 0 Å². The van der Waals surface area contributed by atoms with Crippen LogP contribution in [0.3, 0.4) is 0 Å². The third kappa shape index (κ3) is 2.70. The second-order valence-corrected chi connectivity index (χ2v) is 8.50. The molecule has 0 spiro atoms. The molecule has 27 heavy (non-hydrogen) atoms. The van der Waals surface area contributed by atoms with Gasteiger partial charge in [-0.05, 0) is 56.6 Å². The van der Waals surface area contributed by atoms with Crippen LogP contribution in [-0.4, -0.2) is 27.6 Å². The minimum absolute atomic E-state index is 0.165. The molecule has 0 unspecified atom stereocenters. The van der Waals surface area contributed by atoms with E-state index in [4.69, 9.17) is 9.97 Å². The molecule has 142 valence electrons. The number of fused-ring (bicyclic) bond motifs is 5. The molecule has 0 amide bonds. The molecule has 3 atom stereocenters. The maximum absolute atomic E-state index is 12.6. The zero-order valence-electron chi connectivity index (χ0n) is 16.3. The Morgan fingerprint density at radius 3 is 2.93 bits per heavy atom. The van der Waals surface area contributed by atoms with Gasteiger partial charge in [0.25, 0.3) is 5.56 Å². The lowest BCUT2D eigenvalue weighted by Gasteiger charge is -2.47. The van der Waals surface area contributed by atoms with E-state index in [1.165, 1.54) is 29.8 Å². The minimum atomic E-state index is 0.165. The van der Waals surface area contributed by atoms with Crippen molar-refractivity contribution in [2.45, 2.75) is 64.3 Å². The number of aryl methyl sites for hydroxylation is 2. The Morgan fingerprint density at radius 1 is 1.19 bits per heavy atom. The molecule has 5 heteroatoms. The topological polar surface area (TPSA) is 51.0 Å². The summed E-state index contributed by atoms with van der Waals surface area (Å²) in [5.41, 5.74) is 5.16. The molecule has 2 bridgehead atoms. The summed E-state index contributed by atoms with van der Waals surface area (Å²) < 4.78 is 2.11. The van der Waals surface area contributed by atoms with Crippen LogP contribution in [0.2, 0.25) is 0 Å². The van der Waals surface area contributed by atoms with Gasteiger partial charge in [0, 0.05) is 48.2 Å². The fraction of sp³-hybridized carbons (Fsp3) is 0.591. The van der Waals surface area contributed by atoms with Gasteiger partial charge in [-0.25, -0.2) is 9.97 Å². The van der Waals surface area contributed by atoms with Crippen molar-refractivity contribution >= 4 is 5.95 Å². The Kier molecular flexibility index (Phi) is 4.06. The summed E-state index contributed by atoms with van der Waals surface area (Å²) in [5.74, 6) is 1.79. The molecular formula is C22H28N4O. The monoisotopic (exact) mass is 364 g/mol. The Hall–Kier alpha value is -2.17. The first-order valence-corrected chi connectivity index (χ1v) is 10.5. The molecule has 1 aliphatic carbocycles. The summed E-state index contributed by atoms with van der Waals surface area (Å²) in [6.07, 6.45) is 6.75. The smallest absolute Gasteiger partial charge is 0.250 e. The Labute approximate surface area is 160 Å². The number of rotatable bonds is 3. The van der Waals surface area contributed by atoms with E-state index in [1.807, 2.05) is 6.07 Å². The fourth-order valence-electron chi connectivity index (χ4n) is 5.62. The van der Waals surface area contributed by atoms with E-state index in [9.17, 15) is 4.79 Å². The van der Waals surface area contributed by atoms with Gasteiger partial charge in [-0.3, -0.25) is 4.79 Å². The second kappa shape index (κ2) is 6.47. The number of hydrogen-bond donors (Lipinski definition) is 0. The molecule has 3 aliphatic rings. The van der Waals surface area contributed by atoms with Gasteiger partial charge in [-0.1, -0.05) is 19.4 Å². The SMILES string of the molecule is CCC[C@H]1[C@H]2C[C@H](CN(c3nc(C)c4c(n3)CCC4)C2)c2cccc(=O)n21. The standard InChI is InChI=1S/C22H28N4O/c1-3-6-19-15-11-16(20-9-5-10-21(27)26(19)20)13-25(12-15)22-23-14(2)17-7-4-8-18(17)24-22/h5,9-10,15-16,19H,3-4,6-8,11-13H2,1-2H3/t15-,16+,19-/m0/s1. The van der Waals surface area contributed by atoms with Gasteiger partial charge < -0.3 is 9.47 Å². The molecule has 5 rings (SSSR count). The molecule has 0 N–H and O–H groups in total. The van der Waals surface area contributed by atoms with Crippen molar-refractivity contribution in [2.75, 3.05) is 18.0 Å². The molecule has 1 saturated heterocycles. The number of anilines is 1. The first-order valence-electron chi connectivity index (χ1n) is 10.5. The normalized spacial score (nSPS) is 26.0. The summed E-state index contributed by atoms with van der Waals surface area (Å²) in [7, 11) is 0. The van der Waals surface area contributed by atoms with E-state index >= 15 is 0 Å². The number of pyridine rings is 1. The van der Waals surface area contributed by atoms with Crippen molar-refractivity contribution in [3.8, 4) is 0 Å². The van der Waals surface area contributed by atoms with Crippen LogP contribution in [0.1, 0.15) is 67.2 Å². The van der Waals surface area contributed by atoms with Crippen LogP contribution < -0.4 is 10.5 Å². The highest BCUT2D eigenvalue weighted by atomic mass is 16.1. The minimum Gasteiger partial charge on any atom is -0.340 e. The molecule has 0 radical (unpaired) electrons. The summed E-state index contributed by atoms with van der Waals surface area (Å²) in [6, 6.07) is 6.10. The predicted octanol–water partition coefficient (Wildman–Crippen LogP) is 3.40. The lowest BCUT2D eigenvalue weighted by molar-refractivity contribution is 0.200. The van der Waals surface area contributed by atoms with Gasteiger partial charge in [-0.2, -0.15) is 0 Å². The number of nitrogens with zero attached hydrogens (tertiary/aromatic N) is 4. The van der Waals surface area contributed by atoms with Crippen molar-refractivity contribution in [1.82, 2.24) is 14.5 Å². The van der Waals surface area contributed by atoms with Crippen LogP contribution in [0.5, 0.6) is 0 Å². The van der Waals surface area contributed by atoms with E-state index in [0.717, 1.165) is 50.4 Å². The molecular weight excluding hydrogens is 336 g/mol. The molecule has 4 heterocycles. The van der Waals surface area contributed by atoms with Crippen LogP contribution >= 0.6 is 0 Å². The first kappa shape index (κ1) is 17.0. The van der Waals surface area contributed by atoms with Gasteiger partial charge in [0.1, 0.15) is 0 Å². The van der Waals surface area contributed by atoms with E-state index in [-0.39, 0.29) is 5.56 Å². The molecule has 5 nitrogen and oxygen atoms in total. The first-order chi connectivity index (χ1) is 13.2. The van der Waals surface area contributed by atoms with E-state index in [1.54, 1.807) is 6.07 Å². The van der Waals surface area contributed by atoms with Crippen molar-refractivity contribution in [3.63, 3.8) is 0 Å². The predicted molar refractivity (Wildman–Crippen MR) is 107 cm³/mol. The zero-order chi connectivity index (χ0) is 18.5. The Morgan fingerprint density at radius 2 is 2.07 bits per heavy atom. The van der Waals surface area contributed by atoms with E-state index in [0.29, 0.717) is 17.9 Å². The van der Waals surface area contributed by atoms with E-state index in [2.05, 4.69) is 29.4 Å². The number of hydrogen-bond acceptors (Lipinski definition) is 4. The zero-order valence-corrected chi connectivity index (χ0v) is 16.3. The quantitative estimate of drug-likeness (QED) is 0.838. The Bertz CT molecular complexity index is 934. The van der Waals surface area contributed by atoms with Crippen LogP contribution in [0, 0.1) is 12.8 Å². The average Bonchev–Trinajstić information content (AvgIpc) is 3.14. The van der Waals surface area contributed by atoms with Gasteiger partial charge in [0.15, 0.2) is 0 Å². The Balaban J connectivity index is 1.54. The summed E-state index contributed by atoms with van der Waals surface area (Å²) in [6.45, 7) is 6.22.